The van der Waals surface area contributed by atoms with Gasteiger partial charge in [-0.3, -0.25) is 9.69 Å². The van der Waals surface area contributed by atoms with Crippen molar-refractivity contribution in [1.82, 2.24) is 4.90 Å². The van der Waals surface area contributed by atoms with E-state index in [1.54, 1.807) is 0 Å². The number of rotatable bonds is 4. The van der Waals surface area contributed by atoms with Gasteiger partial charge in [0, 0.05) is 24.8 Å². The Bertz CT molecular complexity index is 542. The van der Waals surface area contributed by atoms with Crippen molar-refractivity contribution in [2.24, 2.45) is 5.73 Å². The summed E-state index contributed by atoms with van der Waals surface area (Å²) in [4.78, 5) is 24.7. The largest absolute Gasteiger partial charge is 0.478 e. The molecule has 0 saturated carbocycles. The first kappa shape index (κ1) is 15.4. The Hall–Kier alpha value is -1.99. The van der Waals surface area contributed by atoms with Gasteiger partial charge in [-0.1, -0.05) is 0 Å². The summed E-state index contributed by atoms with van der Waals surface area (Å²) in [5.41, 5.74) is 5.60. The number of carboxylic acid groups (broad SMARTS) is 1. The van der Waals surface area contributed by atoms with E-state index >= 15 is 0 Å². The van der Waals surface area contributed by atoms with Gasteiger partial charge in [0.2, 0.25) is 5.91 Å². The minimum atomic E-state index is -1.37. The number of hydrogen-bond donors (Lipinski definition) is 3. The molecule has 0 spiro atoms. The molecule has 0 unspecified atom stereocenters. The molecule has 0 aliphatic carbocycles. The van der Waals surface area contributed by atoms with Crippen molar-refractivity contribution in [3.8, 4) is 0 Å². The van der Waals surface area contributed by atoms with Gasteiger partial charge < -0.3 is 16.2 Å². The van der Waals surface area contributed by atoms with Gasteiger partial charge in [-0.2, -0.15) is 0 Å². The van der Waals surface area contributed by atoms with E-state index in [4.69, 9.17) is 10.8 Å². The molecule has 2 rings (SSSR count). The minimum Gasteiger partial charge on any atom is -0.478 e. The van der Waals surface area contributed by atoms with Crippen LogP contribution in [0.5, 0.6) is 0 Å². The summed E-state index contributed by atoms with van der Waals surface area (Å²) in [6.07, 6.45) is 1.71. The number of amides is 1. The van der Waals surface area contributed by atoms with Crippen LogP contribution in [0.3, 0.4) is 0 Å². The molecule has 0 atom stereocenters. The Kier molecular flexibility index (Phi) is 4.87. The highest BCUT2D eigenvalue weighted by molar-refractivity contribution is 5.94. The highest BCUT2D eigenvalue weighted by atomic mass is 19.1. The number of likely N-dealkylation sites (tertiary alicyclic amines) is 1. The lowest BCUT2D eigenvalue weighted by Crippen LogP contribution is -2.43. The van der Waals surface area contributed by atoms with Crippen molar-refractivity contribution < 1.29 is 19.1 Å². The number of nitrogens with one attached hydrogen (secondary N) is 1. The lowest BCUT2D eigenvalue weighted by molar-refractivity contribution is -0.117. The van der Waals surface area contributed by atoms with Gasteiger partial charge in [0.15, 0.2) is 0 Å². The van der Waals surface area contributed by atoms with Gasteiger partial charge in [0.1, 0.15) is 5.82 Å². The lowest BCUT2D eigenvalue weighted by Gasteiger charge is -2.29. The summed E-state index contributed by atoms with van der Waals surface area (Å²) >= 11 is 0. The Morgan fingerprint density at radius 3 is 2.67 bits per heavy atom. The van der Waals surface area contributed by atoms with Gasteiger partial charge >= 0.3 is 5.97 Å². The van der Waals surface area contributed by atoms with E-state index < -0.39 is 17.3 Å². The fourth-order valence-electron chi connectivity index (χ4n) is 2.28. The maximum absolute atomic E-state index is 13.3. The molecule has 6 nitrogen and oxygen atoms in total. The van der Waals surface area contributed by atoms with Crippen molar-refractivity contribution in [3.05, 3.63) is 29.6 Å². The van der Waals surface area contributed by atoms with Crippen LogP contribution in [0.4, 0.5) is 10.1 Å². The van der Waals surface area contributed by atoms with Crippen LogP contribution in [0, 0.1) is 5.82 Å². The number of carbonyl (C=O) groups is 2. The van der Waals surface area contributed by atoms with Crippen molar-refractivity contribution in [2.45, 2.75) is 18.9 Å². The average Bonchev–Trinajstić information content (AvgIpc) is 2.43. The van der Waals surface area contributed by atoms with Crippen LogP contribution in [-0.4, -0.2) is 47.6 Å². The number of halogens is 1. The van der Waals surface area contributed by atoms with Crippen LogP contribution >= 0.6 is 0 Å². The number of nitrogens with zero attached hydrogens (tertiary/aromatic N) is 1. The van der Waals surface area contributed by atoms with E-state index in [1.807, 2.05) is 4.90 Å². The predicted octanol–water partition coefficient (Wildman–Crippen LogP) is 0.885. The number of benzene rings is 1. The lowest BCUT2D eigenvalue weighted by atomic mass is 10.1. The maximum atomic E-state index is 13.3. The third-order valence-electron chi connectivity index (χ3n) is 3.48. The number of hydrogen-bond acceptors (Lipinski definition) is 4. The SMILES string of the molecule is NC1CCN(CC(=O)Nc2ccc(F)c(C(=O)O)c2)CC1. The number of aromatic carboxylic acids is 1. The van der Waals surface area contributed by atoms with E-state index in [2.05, 4.69) is 5.32 Å². The third kappa shape index (κ3) is 4.24. The number of nitrogens with two attached hydrogens (primary N) is 1. The summed E-state index contributed by atoms with van der Waals surface area (Å²) in [6.45, 7) is 1.74. The molecule has 0 bridgehead atoms. The summed E-state index contributed by atoms with van der Waals surface area (Å²) < 4.78 is 13.3. The van der Waals surface area contributed by atoms with Gasteiger partial charge in [-0.15, -0.1) is 0 Å². The van der Waals surface area contributed by atoms with E-state index in [-0.39, 0.29) is 24.2 Å². The Morgan fingerprint density at radius 2 is 2.05 bits per heavy atom. The third-order valence-corrected chi connectivity index (χ3v) is 3.48. The second-order valence-corrected chi connectivity index (χ2v) is 5.16. The molecule has 4 N–H and O–H groups in total. The topological polar surface area (TPSA) is 95.7 Å². The molecule has 114 valence electrons. The van der Waals surface area contributed by atoms with Crippen molar-refractivity contribution in [3.63, 3.8) is 0 Å². The molecule has 0 radical (unpaired) electrons. The summed E-state index contributed by atoms with van der Waals surface area (Å²) in [5.74, 6) is -2.45. The zero-order valence-electron chi connectivity index (χ0n) is 11.5. The molecule has 1 saturated heterocycles. The van der Waals surface area contributed by atoms with Crippen LogP contribution in [-0.2, 0) is 4.79 Å². The zero-order chi connectivity index (χ0) is 15.4. The fourth-order valence-corrected chi connectivity index (χ4v) is 2.28. The van der Waals surface area contributed by atoms with Crippen molar-refractivity contribution >= 4 is 17.6 Å². The maximum Gasteiger partial charge on any atom is 0.338 e. The van der Waals surface area contributed by atoms with E-state index in [0.717, 1.165) is 38.1 Å². The first-order chi connectivity index (χ1) is 9.95. The van der Waals surface area contributed by atoms with Gasteiger partial charge in [0.25, 0.3) is 0 Å². The molecule has 1 amide bonds. The highest BCUT2D eigenvalue weighted by Crippen LogP contribution is 2.15. The zero-order valence-corrected chi connectivity index (χ0v) is 11.5. The minimum absolute atomic E-state index is 0.194. The van der Waals surface area contributed by atoms with E-state index in [1.165, 1.54) is 6.07 Å². The Labute approximate surface area is 121 Å². The summed E-state index contributed by atoms with van der Waals surface area (Å²) in [6, 6.07) is 3.67. The fraction of sp³-hybridized carbons (Fsp3) is 0.429. The van der Waals surface area contributed by atoms with Gasteiger partial charge in [-0.05, 0) is 31.0 Å². The second-order valence-electron chi connectivity index (χ2n) is 5.16. The van der Waals surface area contributed by atoms with Crippen LogP contribution in [0.1, 0.15) is 23.2 Å². The summed E-state index contributed by atoms with van der Waals surface area (Å²) in [7, 11) is 0. The first-order valence-electron chi connectivity index (χ1n) is 6.76. The molecule has 21 heavy (non-hydrogen) atoms. The molecule has 1 aliphatic heterocycles. The van der Waals surface area contributed by atoms with Crippen molar-refractivity contribution in [1.29, 1.82) is 0 Å². The molecule has 1 heterocycles. The highest BCUT2D eigenvalue weighted by Gasteiger charge is 2.18. The molecule has 0 aromatic heterocycles. The quantitative estimate of drug-likeness (QED) is 0.766. The number of carbonyl (C=O) groups excluding carboxylic acids is 1. The molecule has 1 aromatic rings. The number of anilines is 1. The van der Waals surface area contributed by atoms with Gasteiger partial charge in [0.05, 0.1) is 12.1 Å². The first-order valence-corrected chi connectivity index (χ1v) is 6.76. The normalized spacial score (nSPS) is 16.7. The molecule has 1 fully saturated rings. The van der Waals surface area contributed by atoms with Crippen LogP contribution in [0.25, 0.3) is 0 Å². The van der Waals surface area contributed by atoms with E-state index in [0.29, 0.717) is 0 Å². The Morgan fingerprint density at radius 1 is 1.38 bits per heavy atom. The van der Waals surface area contributed by atoms with Crippen molar-refractivity contribution in [2.75, 3.05) is 25.0 Å². The number of piperidine rings is 1. The smallest absolute Gasteiger partial charge is 0.338 e. The van der Waals surface area contributed by atoms with Crippen LogP contribution in [0.2, 0.25) is 0 Å². The van der Waals surface area contributed by atoms with E-state index in [9.17, 15) is 14.0 Å². The predicted molar refractivity (Wildman–Crippen MR) is 75.6 cm³/mol. The molecular weight excluding hydrogens is 277 g/mol. The molecule has 7 heteroatoms. The second kappa shape index (κ2) is 6.64. The number of carboxylic acids is 1. The molecule has 1 aromatic carbocycles. The van der Waals surface area contributed by atoms with Crippen LogP contribution < -0.4 is 11.1 Å². The Balaban J connectivity index is 1.93. The molecular formula is C14H18FN3O3. The molecule has 1 aliphatic rings. The average molecular weight is 295 g/mol. The monoisotopic (exact) mass is 295 g/mol. The van der Waals surface area contributed by atoms with Crippen LogP contribution in [0.15, 0.2) is 18.2 Å². The van der Waals surface area contributed by atoms with Gasteiger partial charge in [-0.25, -0.2) is 9.18 Å². The summed E-state index contributed by atoms with van der Waals surface area (Å²) in [5, 5.41) is 11.4. The standard InChI is InChI=1S/C14H18FN3O3/c15-12-2-1-10(7-11(12)14(20)21)17-13(19)8-18-5-3-9(16)4-6-18/h1-2,7,9H,3-6,8,16H2,(H,17,19)(H,20,21).